The second-order valence-electron chi connectivity index (χ2n) is 7.40. The summed E-state index contributed by atoms with van der Waals surface area (Å²) >= 11 is 3.48. The van der Waals surface area contributed by atoms with E-state index in [0.29, 0.717) is 17.9 Å². The molecule has 3 aromatic carbocycles. The molecule has 0 atom stereocenters. The predicted molar refractivity (Wildman–Crippen MR) is 128 cm³/mol. The summed E-state index contributed by atoms with van der Waals surface area (Å²) in [6, 6.07) is 23.3. The standard InChI is InChI=1S/C25H24BrN3O2/c26-22-10-13-24(31-18-19-6-2-1-3-7-19)21(16-22)17-27-28-25(30)20-8-11-23(12-9-20)29-14-4-5-15-29/h1-3,6-13,16-17H,4-5,14-15,18H2,(H,28,30)/b27-17-. The van der Waals surface area contributed by atoms with Crippen molar-refractivity contribution < 1.29 is 9.53 Å². The molecule has 1 aliphatic rings. The third kappa shape index (κ3) is 5.73. The van der Waals surface area contributed by atoms with Gasteiger partial charge in [-0.05, 0) is 60.9 Å². The van der Waals surface area contributed by atoms with Gasteiger partial charge in [0.15, 0.2) is 0 Å². The van der Waals surface area contributed by atoms with Gasteiger partial charge in [0.25, 0.3) is 5.91 Å². The Balaban J connectivity index is 1.38. The van der Waals surface area contributed by atoms with Crippen molar-refractivity contribution in [3.05, 3.63) is 94.0 Å². The molecule has 1 N–H and O–H groups in total. The van der Waals surface area contributed by atoms with Crippen LogP contribution in [0, 0.1) is 0 Å². The van der Waals surface area contributed by atoms with E-state index in [1.807, 2.05) is 72.8 Å². The van der Waals surface area contributed by atoms with Gasteiger partial charge in [0.2, 0.25) is 0 Å². The highest BCUT2D eigenvalue weighted by molar-refractivity contribution is 9.10. The maximum Gasteiger partial charge on any atom is 0.271 e. The van der Waals surface area contributed by atoms with E-state index in [1.165, 1.54) is 12.8 Å². The number of anilines is 1. The van der Waals surface area contributed by atoms with Crippen molar-refractivity contribution >= 4 is 33.7 Å². The summed E-state index contributed by atoms with van der Waals surface area (Å²) in [6.45, 7) is 2.62. The van der Waals surface area contributed by atoms with Crippen molar-refractivity contribution in [1.29, 1.82) is 0 Å². The largest absolute Gasteiger partial charge is 0.488 e. The quantitative estimate of drug-likeness (QED) is 0.366. The summed E-state index contributed by atoms with van der Waals surface area (Å²) < 4.78 is 6.86. The minimum absolute atomic E-state index is 0.244. The number of benzene rings is 3. The molecule has 4 rings (SSSR count). The molecule has 0 bridgehead atoms. The summed E-state index contributed by atoms with van der Waals surface area (Å²) in [5.74, 6) is 0.450. The molecule has 1 aliphatic heterocycles. The normalized spacial score (nSPS) is 13.5. The second kappa shape index (κ2) is 10.3. The number of amides is 1. The highest BCUT2D eigenvalue weighted by atomic mass is 79.9. The van der Waals surface area contributed by atoms with Gasteiger partial charge in [0.05, 0.1) is 6.21 Å². The minimum Gasteiger partial charge on any atom is -0.488 e. The predicted octanol–water partition coefficient (Wildman–Crippen LogP) is 5.39. The summed E-state index contributed by atoms with van der Waals surface area (Å²) in [7, 11) is 0. The fourth-order valence-corrected chi connectivity index (χ4v) is 3.89. The van der Waals surface area contributed by atoms with Gasteiger partial charge in [-0.15, -0.1) is 0 Å². The minimum atomic E-state index is -0.244. The molecule has 1 fully saturated rings. The van der Waals surface area contributed by atoms with E-state index < -0.39 is 0 Å². The average molecular weight is 478 g/mol. The molecule has 6 heteroatoms. The van der Waals surface area contributed by atoms with Gasteiger partial charge < -0.3 is 9.64 Å². The summed E-state index contributed by atoms with van der Waals surface area (Å²) in [4.78, 5) is 14.8. The van der Waals surface area contributed by atoms with Crippen LogP contribution >= 0.6 is 15.9 Å². The van der Waals surface area contributed by atoms with Crippen LogP contribution in [-0.4, -0.2) is 25.2 Å². The third-order valence-corrected chi connectivity index (χ3v) is 5.67. The highest BCUT2D eigenvalue weighted by Gasteiger charge is 2.13. The Kier molecular flexibility index (Phi) is 6.99. The third-order valence-electron chi connectivity index (χ3n) is 5.18. The molecule has 0 radical (unpaired) electrons. The fraction of sp³-hybridized carbons (Fsp3) is 0.200. The number of carbonyl (C=O) groups is 1. The first-order valence-corrected chi connectivity index (χ1v) is 11.1. The molecule has 3 aromatic rings. The van der Waals surface area contributed by atoms with Gasteiger partial charge in [0.1, 0.15) is 12.4 Å². The zero-order valence-electron chi connectivity index (χ0n) is 17.1. The fourth-order valence-electron chi connectivity index (χ4n) is 3.51. The van der Waals surface area contributed by atoms with Crippen molar-refractivity contribution in [1.82, 2.24) is 5.43 Å². The Bertz CT molecular complexity index is 1050. The van der Waals surface area contributed by atoms with Crippen LogP contribution in [0.2, 0.25) is 0 Å². The molecule has 0 aliphatic carbocycles. The number of hydrogen-bond donors (Lipinski definition) is 1. The lowest BCUT2D eigenvalue weighted by Crippen LogP contribution is -2.19. The van der Waals surface area contributed by atoms with Gasteiger partial charge in [-0.3, -0.25) is 4.79 Å². The van der Waals surface area contributed by atoms with Crippen LogP contribution in [0.1, 0.15) is 34.3 Å². The molecule has 1 heterocycles. The lowest BCUT2D eigenvalue weighted by molar-refractivity contribution is 0.0955. The summed E-state index contributed by atoms with van der Waals surface area (Å²) in [5.41, 5.74) is 6.20. The zero-order chi connectivity index (χ0) is 21.5. The number of halogens is 1. The van der Waals surface area contributed by atoms with Crippen LogP contribution in [0.5, 0.6) is 5.75 Å². The lowest BCUT2D eigenvalue weighted by Gasteiger charge is -2.17. The van der Waals surface area contributed by atoms with E-state index in [2.05, 4.69) is 31.4 Å². The SMILES string of the molecule is O=C(N/N=C\c1cc(Br)ccc1OCc1ccccc1)c1ccc(N2CCCC2)cc1. The van der Waals surface area contributed by atoms with E-state index in [9.17, 15) is 4.79 Å². The van der Waals surface area contributed by atoms with Crippen LogP contribution in [0.4, 0.5) is 5.69 Å². The first kappa shape index (κ1) is 21.1. The topological polar surface area (TPSA) is 53.9 Å². The van der Waals surface area contributed by atoms with Crippen LogP contribution in [-0.2, 0) is 6.61 Å². The molecule has 0 saturated carbocycles. The number of rotatable bonds is 7. The number of ether oxygens (including phenoxy) is 1. The summed E-state index contributed by atoms with van der Waals surface area (Å²) in [6.07, 6.45) is 4.05. The lowest BCUT2D eigenvalue weighted by atomic mass is 10.2. The Morgan fingerprint density at radius 3 is 2.52 bits per heavy atom. The van der Waals surface area contributed by atoms with Crippen LogP contribution < -0.4 is 15.1 Å². The molecule has 31 heavy (non-hydrogen) atoms. The van der Waals surface area contributed by atoms with Crippen LogP contribution in [0.3, 0.4) is 0 Å². The Morgan fingerprint density at radius 1 is 1.03 bits per heavy atom. The number of hydrazone groups is 1. The van der Waals surface area contributed by atoms with Crippen molar-refractivity contribution in [2.75, 3.05) is 18.0 Å². The van der Waals surface area contributed by atoms with Crippen LogP contribution in [0.15, 0.2) is 82.4 Å². The van der Waals surface area contributed by atoms with Crippen molar-refractivity contribution in [2.24, 2.45) is 5.10 Å². The van der Waals surface area contributed by atoms with Crippen molar-refractivity contribution in [2.45, 2.75) is 19.4 Å². The number of carbonyl (C=O) groups excluding carboxylic acids is 1. The first-order chi connectivity index (χ1) is 15.2. The van der Waals surface area contributed by atoms with Gasteiger partial charge in [-0.2, -0.15) is 5.10 Å². The maximum atomic E-state index is 12.5. The van der Waals surface area contributed by atoms with E-state index in [0.717, 1.165) is 34.4 Å². The van der Waals surface area contributed by atoms with Crippen molar-refractivity contribution in [3.63, 3.8) is 0 Å². The van der Waals surface area contributed by atoms with E-state index in [1.54, 1.807) is 6.21 Å². The average Bonchev–Trinajstić information content (AvgIpc) is 3.34. The van der Waals surface area contributed by atoms with Crippen molar-refractivity contribution in [3.8, 4) is 5.75 Å². The Labute approximate surface area is 190 Å². The molecule has 1 saturated heterocycles. The molecular formula is C25H24BrN3O2. The highest BCUT2D eigenvalue weighted by Crippen LogP contribution is 2.23. The Morgan fingerprint density at radius 2 is 1.77 bits per heavy atom. The van der Waals surface area contributed by atoms with E-state index in [4.69, 9.17) is 4.74 Å². The number of nitrogens with one attached hydrogen (secondary N) is 1. The van der Waals surface area contributed by atoms with Gasteiger partial charge in [-0.1, -0.05) is 46.3 Å². The smallest absolute Gasteiger partial charge is 0.271 e. The van der Waals surface area contributed by atoms with Gasteiger partial charge in [-0.25, -0.2) is 5.43 Å². The molecule has 0 unspecified atom stereocenters. The molecule has 158 valence electrons. The maximum absolute atomic E-state index is 12.5. The molecule has 5 nitrogen and oxygen atoms in total. The van der Waals surface area contributed by atoms with E-state index >= 15 is 0 Å². The number of hydrogen-bond acceptors (Lipinski definition) is 4. The molecular weight excluding hydrogens is 454 g/mol. The molecule has 0 spiro atoms. The summed E-state index contributed by atoms with van der Waals surface area (Å²) in [5, 5.41) is 4.14. The van der Waals surface area contributed by atoms with Crippen LogP contribution in [0.25, 0.3) is 0 Å². The monoisotopic (exact) mass is 477 g/mol. The zero-order valence-corrected chi connectivity index (χ0v) is 18.7. The van der Waals surface area contributed by atoms with E-state index in [-0.39, 0.29) is 5.91 Å². The van der Waals surface area contributed by atoms with Gasteiger partial charge in [0, 0.05) is 34.4 Å². The second-order valence-corrected chi connectivity index (χ2v) is 8.31. The Hall–Kier alpha value is -3.12. The van der Waals surface area contributed by atoms with Gasteiger partial charge >= 0.3 is 0 Å². The number of nitrogens with zero attached hydrogens (tertiary/aromatic N) is 2. The first-order valence-electron chi connectivity index (χ1n) is 10.3. The molecule has 0 aromatic heterocycles. The molecule has 1 amide bonds.